The highest BCUT2D eigenvalue weighted by atomic mass is 28.4. The van der Waals surface area contributed by atoms with Gasteiger partial charge in [0.05, 0.1) is 6.61 Å². The van der Waals surface area contributed by atoms with Crippen LogP contribution in [0.4, 0.5) is 0 Å². The van der Waals surface area contributed by atoms with E-state index in [1.807, 2.05) is 7.05 Å². The molecule has 5 heteroatoms. The summed E-state index contributed by atoms with van der Waals surface area (Å²) in [5.74, 6) is 0.787. The van der Waals surface area contributed by atoms with Crippen molar-refractivity contribution < 1.29 is 4.43 Å². The van der Waals surface area contributed by atoms with Gasteiger partial charge in [0.25, 0.3) is 8.32 Å². The van der Waals surface area contributed by atoms with Crippen LogP contribution in [0.2, 0.25) is 5.04 Å². The lowest BCUT2D eigenvalue weighted by Crippen LogP contribution is -2.67. The molecule has 134 valence electrons. The zero-order valence-electron chi connectivity index (χ0n) is 15.8. The first-order valence-corrected chi connectivity index (χ1v) is 10.5. The van der Waals surface area contributed by atoms with Gasteiger partial charge in [-0.25, -0.2) is 0 Å². The molecular weight excluding hydrogens is 326 g/mol. The van der Waals surface area contributed by atoms with E-state index in [0.29, 0.717) is 6.61 Å². The van der Waals surface area contributed by atoms with Gasteiger partial charge in [0.2, 0.25) is 0 Å². The van der Waals surface area contributed by atoms with Crippen molar-refractivity contribution in [3.8, 4) is 0 Å². The highest BCUT2D eigenvalue weighted by molar-refractivity contribution is 6.99. The molecule has 0 aliphatic heterocycles. The fourth-order valence-electron chi connectivity index (χ4n) is 3.23. The van der Waals surface area contributed by atoms with Crippen LogP contribution >= 0.6 is 0 Å². The van der Waals surface area contributed by atoms with Crippen molar-refractivity contribution in [3.05, 3.63) is 60.7 Å². The van der Waals surface area contributed by atoms with E-state index in [0.717, 1.165) is 5.84 Å². The molecule has 0 unspecified atom stereocenters. The van der Waals surface area contributed by atoms with Crippen LogP contribution in [0.5, 0.6) is 0 Å². The highest BCUT2D eigenvalue weighted by Gasteiger charge is 2.50. The molecule has 2 aromatic carbocycles. The van der Waals surface area contributed by atoms with Gasteiger partial charge in [-0.2, -0.15) is 5.10 Å². The Morgan fingerprint density at radius 1 is 0.920 bits per heavy atom. The van der Waals surface area contributed by atoms with E-state index < -0.39 is 8.32 Å². The number of nitrogens with one attached hydrogen (secondary N) is 2. The first kappa shape index (κ1) is 19.2. The molecule has 2 aromatic rings. The van der Waals surface area contributed by atoms with Crippen molar-refractivity contribution >= 4 is 24.5 Å². The van der Waals surface area contributed by atoms with Crippen LogP contribution < -0.4 is 21.1 Å². The van der Waals surface area contributed by atoms with E-state index in [4.69, 9.17) is 4.43 Å². The van der Waals surface area contributed by atoms with Crippen LogP contribution in [-0.4, -0.2) is 34.9 Å². The van der Waals surface area contributed by atoms with Crippen LogP contribution in [0.25, 0.3) is 0 Å². The van der Waals surface area contributed by atoms with Crippen molar-refractivity contribution in [2.24, 2.45) is 5.10 Å². The van der Waals surface area contributed by atoms with Crippen molar-refractivity contribution in [2.45, 2.75) is 25.8 Å². The summed E-state index contributed by atoms with van der Waals surface area (Å²) in [5, 5.41) is 9.89. The molecule has 0 amide bonds. The Labute approximate surface area is 152 Å². The number of hydrazone groups is 1. The Bertz CT molecular complexity index is 642. The van der Waals surface area contributed by atoms with Crippen molar-refractivity contribution in [3.63, 3.8) is 0 Å². The van der Waals surface area contributed by atoms with Gasteiger partial charge in [-0.15, -0.1) is 0 Å². The smallest absolute Gasteiger partial charge is 0.261 e. The summed E-state index contributed by atoms with van der Waals surface area (Å²) in [5.41, 5.74) is 2.83. The van der Waals surface area contributed by atoms with Gasteiger partial charge in [-0.3, -0.25) is 0 Å². The summed E-state index contributed by atoms with van der Waals surface area (Å²) in [6.07, 6.45) is 0. The van der Waals surface area contributed by atoms with Gasteiger partial charge in [0.15, 0.2) is 0 Å². The molecule has 0 spiro atoms. The monoisotopic (exact) mass is 355 g/mol. The Balaban J connectivity index is 2.58. The maximum Gasteiger partial charge on any atom is 0.261 e. The molecule has 0 aliphatic rings. The normalized spacial score (nSPS) is 12.8. The minimum Gasteiger partial charge on any atom is -0.400 e. The standard InChI is InChI=1S/C20H29N3OSi/c1-20(2,3)25(17-12-8-6-9-13-17,18-14-10-7-11-15-18)24-16-19(21-4)23-22-5/h6-15,22H,16H2,1-5H3,(H,21,23). The molecule has 0 atom stereocenters. The second-order valence-corrected chi connectivity index (χ2v) is 11.3. The average Bonchev–Trinajstić information content (AvgIpc) is 2.62. The molecule has 0 radical (unpaired) electrons. The molecule has 0 aliphatic carbocycles. The largest absolute Gasteiger partial charge is 0.400 e. The molecule has 0 heterocycles. The Kier molecular flexibility index (Phi) is 6.39. The molecule has 0 saturated carbocycles. The summed E-state index contributed by atoms with van der Waals surface area (Å²) >= 11 is 0. The van der Waals surface area contributed by atoms with E-state index >= 15 is 0 Å². The summed E-state index contributed by atoms with van der Waals surface area (Å²) in [6.45, 7) is 7.25. The van der Waals surface area contributed by atoms with Crippen molar-refractivity contribution in [1.29, 1.82) is 0 Å². The van der Waals surface area contributed by atoms with E-state index in [9.17, 15) is 0 Å². The zero-order chi connectivity index (χ0) is 18.3. The molecule has 2 rings (SSSR count). The topological polar surface area (TPSA) is 45.7 Å². The fraction of sp³-hybridized carbons (Fsp3) is 0.350. The molecule has 0 fully saturated rings. The predicted molar refractivity (Wildman–Crippen MR) is 109 cm³/mol. The van der Waals surface area contributed by atoms with Gasteiger partial charge in [0.1, 0.15) is 5.84 Å². The van der Waals surface area contributed by atoms with Crippen LogP contribution in [0.1, 0.15) is 20.8 Å². The van der Waals surface area contributed by atoms with Crippen molar-refractivity contribution in [1.82, 2.24) is 10.7 Å². The molecule has 0 aromatic heterocycles. The number of benzene rings is 2. The Morgan fingerprint density at radius 3 is 1.76 bits per heavy atom. The van der Waals surface area contributed by atoms with E-state index in [-0.39, 0.29) is 5.04 Å². The highest BCUT2D eigenvalue weighted by Crippen LogP contribution is 2.36. The molecule has 25 heavy (non-hydrogen) atoms. The number of nitrogens with zero attached hydrogens (tertiary/aromatic N) is 1. The third-order valence-electron chi connectivity index (χ3n) is 4.38. The summed E-state index contributed by atoms with van der Waals surface area (Å²) in [7, 11) is 1.15. The van der Waals surface area contributed by atoms with E-state index in [2.05, 4.69) is 97.3 Å². The first-order chi connectivity index (χ1) is 12.0. The molecule has 0 saturated heterocycles. The lowest BCUT2D eigenvalue weighted by Gasteiger charge is -2.43. The van der Waals surface area contributed by atoms with Crippen LogP contribution in [0.3, 0.4) is 0 Å². The maximum absolute atomic E-state index is 6.78. The summed E-state index contributed by atoms with van der Waals surface area (Å²) in [4.78, 5) is 0. The van der Waals surface area contributed by atoms with Gasteiger partial charge in [0, 0.05) is 14.1 Å². The third-order valence-corrected chi connectivity index (χ3v) is 9.36. The van der Waals surface area contributed by atoms with Gasteiger partial charge in [-0.05, 0) is 15.4 Å². The van der Waals surface area contributed by atoms with E-state index in [1.165, 1.54) is 10.4 Å². The van der Waals surface area contributed by atoms with E-state index in [1.54, 1.807) is 7.05 Å². The second-order valence-electron chi connectivity index (χ2n) is 6.98. The van der Waals surface area contributed by atoms with Crippen LogP contribution in [-0.2, 0) is 4.43 Å². The summed E-state index contributed by atoms with van der Waals surface area (Å²) in [6, 6.07) is 21.3. The SMILES string of the molecule is CN/N=C(/CO[Si](c1ccccc1)(c1ccccc1)C(C)(C)C)NC. The van der Waals surface area contributed by atoms with Crippen LogP contribution in [0, 0.1) is 0 Å². The average molecular weight is 356 g/mol. The Hall–Kier alpha value is -2.11. The molecule has 0 bridgehead atoms. The molecular formula is C20H29N3OSi. The fourth-order valence-corrected chi connectivity index (χ4v) is 7.74. The number of rotatable bonds is 6. The van der Waals surface area contributed by atoms with Gasteiger partial charge in [-0.1, -0.05) is 81.4 Å². The number of amidine groups is 1. The zero-order valence-corrected chi connectivity index (χ0v) is 16.8. The quantitative estimate of drug-likeness (QED) is 0.362. The van der Waals surface area contributed by atoms with Gasteiger partial charge >= 0.3 is 0 Å². The minimum absolute atomic E-state index is 0.0335. The number of hydrogen-bond donors (Lipinski definition) is 2. The number of likely N-dealkylation sites (N-methyl/N-ethyl adjacent to an activating group) is 1. The van der Waals surface area contributed by atoms with Crippen LogP contribution in [0.15, 0.2) is 65.8 Å². The maximum atomic E-state index is 6.78. The van der Waals surface area contributed by atoms with Gasteiger partial charge < -0.3 is 15.2 Å². The molecule has 4 nitrogen and oxygen atoms in total. The summed E-state index contributed by atoms with van der Waals surface area (Å²) < 4.78 is 6.78. The van der Waals surface area contributed by atoms with Crippen molar-refractivity contribution in [2.75, 3.05) is 20.7 Å². The lowest BCUT2D eigenvalue weighted by molar-refractivity contribution is 0.348. The lowest BCUT2D eigenvalue weighted by atomic mass is 10.2. The Morgan fingerprint density at radius 2 is 1.40 bits per heavy atom. The first-order valence-electron chi connectivity index (χ1n) is 8.61. The predicted octanol–water partition coefficient (Wildman–Crippen LogP) is 2.32. The minimum atomic E-state index is -2.51. The number of hydrogen-bond acceptors (Lipinski definition) is 3. The third kappa shape index (κ3) is 4.11. The molecule has 2 N–H and O–H groups in total. The second kappa shape index (κ2) is 8.32.